The van der Waals surface area contributed by atoms with Gasteiger partial charge >= 0.3 is 0 Å². The summed E-state index contributed by atoms with van der Waals surface area (Å²) in [5.74, 6) is -10.5. The van der Waals surface area contributed by atoms with E-state index in [1.54, 1.807) is 0 Å². The highest BCUT2D eigenvalue weighted by Crippen LogP contribution is 2.30. The summed E-state index contributed by atoms with van der Waals surface area (Å²) in [5, 5.41) is 2.03. The molecule has 0 atom stereocenters. The van der Waals surface area contributed by atoms with Gasteiger partial charge in [0, 0.05) is 16.4 Å². The van der Waals surface area contributed by atoms with Gasteiger partial charge in [-0.1, -0.05) is 24.8 Å². The van der Waals surface area contributed by atoms with Crippen LogP contribution in [0.15, 0.2) is 35.7 Å². The van der Waals surface area contributed by atoms with Crippen LogP contribution in [0.1, 0.15) is 15.9 Å². The predicted molar refractivity (Wildman–Crippen MR) is 83.8 cm³/mol. The summed E-state index contributed by atoms with van der Waals surface area (Å²) in [6.45, 7) is 3.51. The third-order valence-corrected chi connectivity index (χ3v) is 4.41. The van der Waals surface area contributed by atoms with Crippen LogP contribution in [0.2, 0.25) is 0 Å². The number of nitrogens with one attached hydrogen (secondary N) is 1. The number of amides is 1. The molecule has 1 amide bonds. The molecule has 0 saturated heterocycles. The van der Waals surface area contributed by atoms with E-state index in [-0.39, 0.29) is 5.69 Å². The Morgan fingerprint density at radius 3 is 1.88 bits per heavy atom. The zero-order valence-corrected chi connectivity index (χ0v) is 13.7. The summed E-state index contributed by atoms with van der Waals surface area (Å²) in [6.07, 6.45) is 1.50. The van der Waals surface area contributed by atoms with Crippen molar-refractivity contribution >= 4 is 37.4 Å². The van der Waals surface area contributed by atoms with Gasteiger partial charge in [0.1, 0.15) is 5.56 Å². The maximum Gasteiger partial charge on any atom is 0.267 e. The zero-order chi connectivity index (χ0) is 18.9. The molecule has 0 bridgehead atoms. The van der Waals surface area contributed by atoms with E-state index in [1.807, 2.05) is 5.32 Å². The second-order valence-electron chi connectivity index (χ2n) is 4.68. The first-order valence-corrected chi connectivity index (χ1v) is 8.73. The van der Waals surface area contributed by atoms with Crippen molar-refractivity contribution in [2.45, 2.75) is 4.90 Å². The maximum absolute atomic E-state index is 13.9. The first-order chi connectivity index (χ1) is 11.6. The van der Waals surface area contributed by atoms with Crippen molar-refractivity contribution in [3.05, 3.63) is 65.2 Å². The highest BCUT2D eigenvalue weighted by Gasteiger charge is 2.34. The maximum atomic E-state index is 13.9. The number of anilines is 1. The first kappa shape index (κ1) is 18.9. The van der Waals surface area contributed by atoms with Gasteiger partial charge in [-0.25, -0.2) is 26.0 Å². The summed E-state index contributed by atoms with van der Waals surface area (Å²) in [7, 11) is -0.364. The number of hydrogen-bond acceptors (Lipinski definition) is 3. The number of hydrogen-bond donors (Lipinski definition) is 1. The van der Waals surface area contributed by atoms with Crippen LogP contribution >= 0.6 is 10.7 Å². The van der Waals surface area contributed by atoms with Gasteiger partial charge in [-0.3, -0.25) is 4.79 Å². The van der Waals surface area contributed by atoms with Crippen LogP contribution in [0.3, 0.4) is 0 Å². The fourth-order valence-corrected chi connectivity index (χ4v) is 2.93. The second kappa shape index (κ2) is 6.85. The molecule has 0 saturated carbocycles. The number of benzene rings is 2. The van der Waals surface area contributed by atoms with Crippen LogP contribution in [-0.4, -0.2) is 14.3 Å². The summed E-state index contributed by atoms with van der Waals surface area (Å²) in [6, 6.07) is 5.74. The van der Waals surface area contributed by atoms with E-state index >= 15 is 0 Å². The molecule has 4 nitrogen and oxygen atoms in total. The van der Waals surface area contributed by atoms with Gasteiger partial charge in [0.05, 0.1) is 0 Å². The molecule has 0 aromatic heterocycles. The van der Waals surface area contributed by atoms with Gasteiger partial charge < -0.3 is 5.32 Å². The molecule has 2 rings (SSSR count). The van der Waals surface area contributed by atoms with E-state index in [2.05, 4.69) is 6.58 Å². The van der Waals surface area contributed by atoms with Crippen LogP contribution in [-0.2, 0) is 9.05 Å². The lowest BCUT2D eigenvalue weighted by atomic mass is 10.1. The molecule has 0 aliphatic heterocycles. The molecule has 0 aliphatic rings. The number of carbonyl (C=O) groups is 1. The average molecular weight is 394 g/mol. The topological polar surface area (TPSA) is 63.2 Å². The Labute approximate surface area is 144 Å². The molecule has 10 heteroatoms. The lowest BCUT2D eigenvalue weighted by Gasteiger charge is -2.11. The Hall–Kier alpha value is -2.39. The summed E-state index contributed by atoms with van der Waals surface area (Å²) in [5.41, 5.74) is -0.861. The molecular formula is C15H8ClF4NO3S. The minimum Gasteiger partial charge on any atom is -0.322 e. The Kier molecular flexibility index (Phi) is 5.19. The zero-order valence-electron chi connectivity index (χ0n) is 12.1. The quantitative estimate of drug-likeness (QED) is 0.484. The molecule has 1 N–H and O–H groups in total. The number of rotatable bonds is 4. The Morgan fingerprint density at radius 2 is 1.48 bits per heavy atom. The molecule has 132 valence electrons. The average Bonchev–Trinajstić information content (AvgIpc) is 2.53. The fourth-order valence-electron chi connectivity index (χ4n) is 1.92. The largest absolute Gasteiger partial charge is 0.322 e. The van der Waals surface area contributed by atoms with Crippen LogP contribution in [0.5, 0.6) is 0 Å². The lowest BCUT2D eigenvalue weighted by molar-refractivity contribution is 0.101. The van der Waals surface area contributed by atoms with Crippen molar-refractivity contribution in [1.29, 1.82) is 0 Å². The summed E-state index contributed by atoms with van der Waals surface area (Å²) >= 11 is 0. The van der Waals surface area contributed by atoms with Gasteiger partial charge in [-0.05, 0) is 17.7 Å². The van der Waals surface area contributed by atoms with Crippen molar-refractivity contribution in [2.24, 2.45) is 0 Å². The molecule has 0 heterocycles. The van der Waals surface area contributed by atoms with Gasteiger partial charge in [0.2, 0.25) is 0 Å². The number of halogens is 5. The standard InChI is InChI=1S/C15H8ClF4NO3S/c1-2-7-3-5-8(6-4-7)21-15(22)9-10(17)12(19)14(25(16,23)24)13(20)11(9)18/h2-6H,1H2,(H,21,22). The van der Waals surface area contributed by atoms with E-state index in [4.69, 9.17) is 10.7 Å². The minimum atomic E-state index is -5.12. The third-order valence-electron chi connectivity index (χ3n) is 3.10. The molecule has 0 aliphatic carbocycles. The van der Waals surface area contributed by atoms with Gasteiger partial charge in [0.15, 0.2) is 28.2 Å². The van der Waals surface area contributed by atoms with Gasteiger partial charge in [0.25, 0.3) is 15.0 Å². The minimum absolute atomic E-state index is 0.0734. The van der Waals surface area contributed by atoms with E-state index in [0.29, 0.717) is 5.56 Å². The highest BCUT2D eigenvalue weighted by atomic mass is 35.7. The Morgan fingerprint density at radius 1 is 1.00 bits per heavy atom. The summed E-state index contributed by atoms with van der Waals surface area (Å²) < 4.78 is 77.5. The molecule has 0 radical (unpaired) electrons. The van der Waals surface area contributed by atoms with E-state index in [1.165, 1.54) is 30.3 Å². The molecule has 0 fully saturated rings. The van der Waals surface area contributed by atoms with Crippen LogP contribution in [0.25, 0.3) is 6.08 Å². The lowest BCUT2D eigenvalue weighted by Crippen LogP contribution is -2.20. The molecule has 25 heavy (non-hydrogen) atoms. The fraction of sp³-hybridized carbons (Fsp3) is 0. The molecular weight excluding hydrogens is 386 g/mol. The molecule has 2 aromatic rings. The summed E-state index contributed by atoms with van der Waals surface area (Å²) in [4.78, 5) is 9.94. The normalized spacial score (nSPS) is 11.2. The smallest absolute Gasteiger partial charge is 0.267 e. The monoisotopic (exact) mass is 393 g/mol. The van der Waals surface area contributed by atoms with Crippen molar-refractivity contribution in [3.63, 3.8) is 0 Å². The van der Waals surface area contributed by atoms with Gasteiger partial charge in [-0.15, -0.1) is 0 Å². The van der Waals surface area contributed by atoms with Crippen LogP contribution in [0.4, 0.5) is 23.2 Å². The van der Waals surface area contributed by atoms with Gasteiger partial charge in [-0.2, -0.15) is 0 Å². The highest BCUT2D eigenvalue weighted by molar-refractivity contribution is 8.13. The Bertz CT molecular complexity index is 946. The number of carbonyl (C=O) groups excluding carboxylic acids is 1. The van der Waals surface area contributed by atoms with Crippen molar-refractivity contribution in [1.82, 2.24) is 0 Å². The predicted octanol–water partition coefficient (Wildman–Crippen LogP) is 4.07. The van der Waals surface area contributed by atoms with Crippen LogP contribution < -0.4 is 5.32 Å². The van der Waals surface area contributed by atoms with E-state index in [0.717, 1.165) is 0 Å². The second-order valence-corrected chi connectivity index (χ2v) is 7.18. The molecule has 0 unspecified atom stereocenters. The first-order valence-electron chi connectivity index (χ1n) is 6.42. The van der Waals surface area contributed by atoms with Crippen LogP contribution in [0, 0.1) is 23.3 Å². The molecule has 0 spiro atoms. The Balaban J connectivity index is 2.51. The van der Waals surface area contributed by atoms with Crippen molar-refractivity contribution in [3.8, 4) is 0 Å². The SMILES string of the molecule is C=Cc1ccc(NC(=O)c2c(F)c(F)c(S(=O)(=O)Cl)c(F)c2F)cc1. The molecule has 2 aromatic carbocycles. The van der Waals surface area contributed by atoms with Crippen molar-refractivity contribution in [2.75, 3.05) is 5.32 Å². The van der Waals surface area contributed by atoms with E-state index in [9.17, 15) is 30.8 Å². The van der Waals surface area contributed by atoms with E-state index < -0.39 is 48.7 Å². The van der Waals surface area contributed by atoms with Crippen molar-refractivity contribution < 1.29 is 30.8 Å². The third kappa shape index (κ3) is 3.67.